The summed E-state index contributed by atoms with van der Waals surface area (Å²) in [5.74, 6) is 1.73. The van der Waals surface area contributed by atoms with Crippen LogP contribution in [0.2, 0.25) is 0 Å². The molecule has 0 bridgehead atoms. The Morgan fingerprint density at radius 3 is 2.73 bits per heavy atom. The maximum atomic E-state index is 7.58. The SMILES string of the molecule is [2H]C([2H])([2H])N(CC)CC/C=C1\Cc2ccccc2Oc2ccccc21. The number of allylic oxidation sites excluding steroid dienone is 1. The summed E-state index contributed by atoms with van der Waals surface area (Å²) in [5, 5.41) is 0. The van der Waals surface area contributed by atoms with Crippen LogP contribution < -0.4 is 4.74 Å². The highest BCUT2D eigenvalue weighted by molar-refractivity contribution is 5.74. The zero-order valence-corrected chi connectivity index (χ0v) is 12.9. The summed E-state index contributed by atoms with van der Waals surface area (Å²) in [4.78, 5) is 1.52. The Balaban J connectivity index is 1.87. The second kappa shape index (κ2) is 6.80. The summed E-state index contributed by atoms with van der Waals surface area (Å²) in [7, 11) is 0. The van der Waals surface area contributed by atoms with Crippen molar-refractivity contribution in [2.24, 2.45) is 0 Å². The van der Waals surface area contributed by atoms with Crippen molar-refractivity contribution in [3.05, 3.63) is 65.7 Å². The van der Waals surface area contributed by atoms with Crippen molar-refractivity contribution < 1.29 is 8.85 Å². The molecule has 2 aromatic rings. The van der Waals surface area contributed by atoms with Gasteiger partial charge < -0.3 is 9.64 Å². The van der Waals surface area contributed by atoms with Crippen molar-refractivity contribution in [3.63, 3.8) is 0 Å². The lowest BCUT2D eigenvalue weighted by molar-refractivity contribution is 0.360. The van der Waals surface area contributed by atoms with Crippen LogP contribution >= 0.6 is 0 Å². The van der Waals surface area contributed by atoms with E-state index in [9.17, 15) is 0 Å². The van der Waals surface area contributed by atoms with E-state index in [1.807, 2.05) is 43.3 Å². The third kappa shape index (κ3) is 3.23. The third-order valence-electron chi connectivity index (χ3n) is 3.98. The highest BCUT2D eigenvalue weighted by Crippen LogP contribution is 2.38. The Kier molecular flexibility index (Phi) is 3.55. The van der Waals surface area contributed by atoms with E-state index < -0.39 is 6.98 Å². The first-order chi connectivity index (χ1) is 12.0. The number of hydrogen-bond donors (Lipinski definition) is 0. The van der Waals surface area contributed by atoms with Gasteiger partial charge in [0.2, 0.25) is 0 Å². The lowest BCUT2D eigenvalue weighted by Gasteiger charge is -2.13. The fraction of sp³-hybridized carbons (Fsp3) is 0.300. The summed E-state index contributed by atoms with van der Waals surface area (Å²) in [6.07, 6.45) is 3.63. The highest BCUT2D eigenvalue weighted by Gasteiger charge is 2.17. The van der Waals surface area contributed by atoms with Gasteiger partial charge in [-0.1, -0.05) is 49.4 Å². The van der Waals surface area contributed by atoms with E-state index >= 15 is 0 Å². The first-order valence-corrected chi connectivity index (χ1v) is 7.78. The van der Waals surface area contributed by atoms with Gasteiger partial charge in [-0.2, -0.15) is 0 Å². The molecular weight excluding hydrogens is 270 g/mol. The van der Waals surface area contributed by atoms with Crippen LogP contribution in [-0.4, -0.2) is 25.0 Å². The molecule has 3 rings (SSSR count). The van der Waals surface area contributed by atoms with Crippen LogP contribution in [0, 0.1) is 0 Å². The molecule has 0 radical (unpaired) electrons. The van der Waals surface area contributed by atoms with Gasteiger partial charge in [-0.25, -0.2) is 0 Å². The van der Waals surface area contributed by atoms with E-state index in [0.717, 1.165) is 29.0 Å². The molecule has 0 N–H and O–H groups in total. The molecule has 2 nitrogen and oxygen atoms in total. The number of fused-ring (bicyclic) bond motifs is 2. The maximum Gasteiger partial charge on any atom is 0.134 e. The fourth-order valence-electron chi connectivity index (χ4n) is 2.72. The zero-order valence-electron chi connectivity index (χ0n) is 15.9. The van der Waals surface area contributed by atoms with Gasteiger partial charge in [0.05, 0.1) is 0 Å². The topological polar surface area (TPSA) is 12.5 Å². The number of benzene rings is 2. The lowest BCUT2D eigenvalue weighted by Crippen LogP contribution is -2.18. The first-order valence-electron chi connectivity index (χ1n) is 9.28. The molecule has 0 aliphatic carbocycles. The molecule has 2 heteroatoms. The molecule has 2 aromatic carbocycles. The van der Waals surface area contributed by atoms with Gasteiger partial charge in [-0.3, -0.25) is 0 Å². The van der Waals surface area contributed by atoms with Crippen molar-refractivity contribution >= 4 is 5.57 Å². The Morgan fingerprint density at radius 2 is 1.91 bits per heavy atom. The number of nitrogens with zero attached hydrogens (tertiary/aromatic N) is 1. The molecule has 0 aromatic heterocycles. The zero-order chi connectivity index (χ0) is 17.9. The molecule has 1 heterocycles. The Hall–Kier alpha value is -2.06. The minimum absolute atomic E-state index is 0.515. The van der Waals surface area contributed by atoms with Crippen LogP contribution in [0.4, 0.5) is 0 Å². The molecule has 114 valence electrons. The summed E-state index contributed by atoms with van der Waals surface area (Å²) in [6, 6.07) is 16.1. The molecule has 1 aliphatic rings. The number of para-hydroxylation sites is 2. The van der Waals surface area contributed by atoms with Crippen molar-refractivity contribution in [2.75, 3.05) is 20.1 Å². The Labute approximate surface area is 137 Å². The van der Waals surface area contributed by atoms with Gasteiger partial charge in [-0.15, -0.1) is 0 Å². The minimum atomic E-state index is -2.04. The molecule has 0 amide bonds. The van der Waals surface area contributed by atoms with E-state index in [4.69, 9.17) is 8.85 Å². The fourth-order valence-corrected chi connectivity index (χ4v) is 2.72. The molecule has 0 saturated heterocycles. The van der Waals surface area contributed by atoms with Gasteiger partial charge in [0.1, 0.15) is 11.5 Å². The second-order valence-corrected chi connectivity index (χ2v) is 5.48. The molecule has 1 aliphatic heterocycles. The molecular formula is C20H23NO. The molecule has 0 fully saturated rings. The van der Waals surface area contributed by atoms with Gasteiger partial charge in [0.25, 0.3) is 0 Å². The summed E-state index contributed by atoms with van der Waals surface area (Å²) in [6.45, 7) is 0.873. The molecule has 0 saturated carbocycles. The van der Waals surface area contributed by atoms with Crippen LogP contribution in [0.3, 0.4) is 0 Å². The summed E-state index contributed by atoms with van der Waals surface area (Å²) in [5.41, 5.74) is 3.41. The molecule has 0 atom stereocenters. The Morgan fingerprint density at radius 1 is 1.14 bits per heavy atom. The monoisotopic (exact) mass is 296 g/mol. The van der Waals surface area contributed by atoms with E-state index in [-0.39, 0.29) is 0 Å². The smallest absolute Gasteiger partial charge is 0.134 e. The van der Waals surface area contributed by atoms with E-state index in [1.54, 1.807) is 0 Å². The average Bonchev–Trinajstić information content (AvgIpc) is 2.74. The van der Waals surface area contributed by atoms with Gasteiger partial charge in [0, 0.05) is 22.6 Å². The quantitative estimate of drug-likeness (QED) is 0.806. The van der Waals surface area contributed by atoms with Crippen LogP contribution in [-0.2, 0) is 6.42 Å². The van der Waals surface area contributed by atoms with Crippen LogP contribution in [0.25, 0.3) is 5.57 Å². The highest BCUT2D eigenvalue weighted by atomic mass is 16.5. The largest absolute Gasteiger partial charge is 0.456 e. The van der Waals surface area contributed by atoms with Gasteiger partial charge in [0.15, 0.2) is 0 Å². The first kappa shape index (κ1) is 11.5. The van der Waals surface area contributed by atoms with E-state index in [1.165, 1.54) is 10.5 Å². The molecule has 22 heavy (non-hydrogen) atoms. The summed E-state index contributed by atoms with van der Waals surface area (Å²) >= 11 is 0. The van der Waals surface area contributed by atoms with Crippen LogP contribution in [0.15, 0.2) is 54.6 Å². The number of hydrogen-bond acceptors (Lipinski definition) is 2. The molecule has 0 spiro atoms. The number of ether oxygens (including phenoxy) is 1. The predicted octanol–water partition coefficient (Wildman–Crippen LogP) is 4.76. The van der Waals surface area contributed by atoms with Gasteiger partial charge >= 0.3 is 0 Å². The van der Waals surface area contributed by atoms with Crippen LogP contribution in [0.5, 0.6) is 11.5 Å². The Bertz CT molecular complexity index is 768. The third-order valence-corrected chi connectivity index (χ3v) is 3.98. The van der Waals surface area contributed by atoms with Crippen molar-refractivity contribution in [1.82, 2.24) is 4.90 Å². The van der Waals surface area contributed by atoms with Crippen molar-refractivity contribution in [1.29, 1.82) is 0 Å². The van der Waals surface area contributed by atoms with E-state index in [0.29, 0.717) is 19.5 Å². The normalized spacial score (nSPS) is 17.7. The number of rotatable bonds is 4. The van der Waals surface area contributed by atoms with E-state index in [2.05, 4.69) is 18.2 Å². The van der Waals surface area contributed by atoms with Crippen molar-refractivity contribution in [3.8, 4) is 11.5 Å². The predicted molar refractivity (Wildman–Crippen MR) is 92.4 cm³/mol. The van der Waals surface area contributed by atoms with Crippen molar-refractivity contribution in [2.45, 2.75) is 19.8 Å². The minimum Gasteiger partial charge on any atom is -0.456 e. The van der Waals surface area contributed by atoms with Gasteiger partial charge in [-0.05, 0) is 43.2 Å². The average molecular weight is 296 g/mol. The lowest BCUT2D eigenvalue weighted by atomic mass is 9.97. The molecule has 0 unspecified atom stereocenters. The maximum absolute atomic E-state index is 7.58. The standard InChI is InChI=1S/C20H23NO/c1-3-21(2)14-8-10-16-15-17-9-4-6-12-19(17)22-20-13-7-5-11-18(16)20/h4-7,9-13H,3,8,14-15H2,1-2H3/b16-10+/i2D3. The van der Waals surface area contributed by atoms with Crippen LogP contribution in [0.1, 0.15) is 28.6 Å². The summed E-state index contributed by atoms with van der Waals surface area (Å²) < 4.78 is 28.8. The second-order valence-electron chi connectivity index (χ2n) is 5.48.